The number of nitrogens with zero attached hydrogens (tertiary/aromatic N) is 1. The van der Waals surface area contributed by atoms with Gasteiger partial charge in [0.2, 0.25) is 0 Å². The van der Waals surface area contributed by atoms with Crippen LogP contribution in [-0.2, 0) is 4.79 Å². The molecule has 114 valence electrons. The number of aryl methyl sites for hydroxylation is 1. The third kappa shape index (κ3) is 2.94. The number of hydrogen-bond acceptors (Lipinski definition) is 5. The molecule has 0 aromatic carbocycles. The van der Waals surface area contributed by atoms with Crippen molar-refractivity contribution in [1.82, 2.24) is 15.3 Å². The highest BCUT2D eigenvalue weighted by atomic mass is 32.2. The van der Waals surface area contributed by atoms with E-state index in [1.807, 2.05) is 0 Å². The Morgan fingerprint density at radius 1 is 1.38 bits per heavy atom. The molecule has 0 bridgehead atoms. The average Bonchev–Trinajstić information content (AvgIpc) is 2.87. The van der Waals surface area contributed by atoms with Crippen molar-refractivity contribution >= 4 is 23.6 Å². The van der Waals surface area contributed by atoms with Crippen LogP contribution in [0.25, 0.3) is 0 Å². The van der Waals surface area contributed by atoms with Crippen LogP contribution < -0.4 is 11.0 Å². The van der Waals surface area contributed by atoms with E-state index in [9.17, 15) is 19.5 Å². The smallest absolute Gasteiger partial charge is 0.346 e. The van der Waals surface area contributed by atoms with E-state index in [2.05, 4.69) is 15.3 Å². The van der Waals surface area contributed by atoms with E-state index >= 15 is 0 Å². The Hall–Kier alpha value is -1.83. The van der Waals surface area contributed by atoms with E-state index in [0.717, 1.165) is 12.8 Å². The SMILES string of the molecule is CSc1nc(=O)[nH]c(C)c1C(=O)NC1(C(=O)O)CCCC1. The van der Waals surface area contributed by atoms with Gasteiger partial charge in [0.15, 0.2) is 0 Å². The lowest BCUT2D eigenvalue weighted by atomic mass is 9.97. The van der Waals surface area contributed by atoms with Crippen LogP contribution in [-0.4, -0.2) is 38.7 Å². The quantitative estimate of drug-likeness (QED) is 0.563. The zero-order chi connectivity index (χ0) is 15.6. The van der Waals surface area contributed by atoms with Crippen LogP contribution in [0.4, 0.5) is 0 Å². The first-order valence-electron chi connectivity index (χ1n) is 6.60. The molecule has 0 unspecified atom stereocenters. The minimum absolute atomic E-state index is 0.231. The molecule has 0 saturated heterocycles. The fourth-order valence-corrected chi connectivity index (χ4v) is 3.25. The Morgan fingerprint density at radius 2 is 2.00 bits per heavy atom. The maximum absolute atomic E-state index is 12.5. The van der Waals surface area contributed by atoms with E-state index in [1.54, 1.807) is 13.2 Å². The summed E-state index contributed by atoms with van der Waals surface area (Å²) in [5.41, 5.74) is -1.12. The summed E-state index contributed by atoms with van der Waals surface area (Å²) in [5, 5.41) is 12.3. The summed E-state index contributed by atoms with van der Waals surface area (Å²) in [6, 6.07) is 0. The van der Waals surface area contributed by atoms with Crippen molar-refractivity contribution in [3.8, 4) is 0 Å². The first-order chi connectivity index (χ1) is 9.89. The zero-order valence-corrected chi connectivity index (χ0v) is 12.7. The Balaban J connectivity index is 2.37. The minimum atomic E-state index is -1.21. The van der Waals surface area contributed by atoms with Gasteiger partial charge in [0.05, 0.1) is 5.56 Å². The first-order valence-corrected chi connectivity index (χ1v) is 7.83. The van der Waals surface area contributed by atoms with Crippen LogP contribution in [0.1, 0.15) is 41.7 Å². The third-order valence-corrected chi connectivity index (χ3v) is 4.41. The summed E-state index contributed by atoms with van der Waals surface area (Å²) < 4.78 is 0. The second-order valence-corrected chi connectivity index (χ2v) is 5.89. The molecule has 0 radical (unpaired) electrons. The van der Waals surface area contributed by atoms with E-state index < -0.39 is 23.1 Å². The predicted octanol–water partition coefficient (Wildman–Crippen LogP) is 0.927. The number of carbonyl (C=O) groups excluding carboxylic acids is 1. The third-order valence-electron chi connectivity index (χ3n) is 3.73. The molecule has 1 heterocycles. The highest BCUT2D eigenvalue weighted by Crippen LogP contribution is 2.31. The zero-order valence-electron chi connectivity index (χ0n) is 11.9. The highest BCUT2D eigenvalue weighted by molar-refractivity contribution is 7.98. The monoisotopic (exact) mass is 311 g/mol. The van der Waals surface area contributed by atoms with Gasteiger partial charge in [0, 0.05) is 5.69 Å². The highest BCUT2D eigenvalue weighted by Gasteiger charge is 2.43. The molecule has 3 N–H and O–H groups in total. The Bertz CT molecular complexity index is 635. The van der Waals surface area contributed by atoms with E-state index in [4.69, 9.17) is 0 Å². The second-order valence-electron chi connectivity index (χ2n) is 5.10. The topological polar surface area (TPSA) is 112 Å². The van der Waals surface area contributed by atoms with Crippen LogP contribution in [0.2, 0.25) is 0 Å². The maximum atomic E-state index is 12.5. The first kappa shape index (κ1) is 15.6. The molecular weight excluding hydrogens is 294 g/mol. The van der Waals surface area contributed by atoms with Gasteiger partial charge < -0.3 is 15.4 Å². The summed E-state index contributed by atoms with van der Waals surface area (Å²) >= 11 is 1.18. The molecule has 1 aromatic rings. The number of H-pyrrole nitrogens is 1. The molecule has 2 rings (SSSR count). The molecule has 1 aliphatic rings. The summed E-state index contributed by atoms with van der Waals surface area (Å²) in [6.45, 7) is 1.60. The molecule has 0 aliphatic heterocycles. The van der Waals surface area contributed by atoms with Crippen LogP contribution >= 0.6 is 11.8 Å². The number of rotatable bonds is 4. The van der Waals surface area contributed by atoms with Crippen LogP contribution in [0.5, 0.6) is 0 Å². The van der Waals surface area contributed by atoms with Crippen LogP contribution in [0, 0.1) is 6.92 Å². The van der Waals surface area contributed by atoms with Gasteiger partial charge in [-0.2, -0.15) is 4.98 Å². The second kappa shape index (κ2) is 5.88. The molecule has 1 aromatic heterocycles. The number of carbonyl (C=O) groups is 2. The summed E-state index contributed by atoms with van der Waals surface area (Å²) in [6.07, 6.45) is 4.08. The van der Waals surface area contributed by atoms with Crippen molar-refractivity contribution in [3.05, 3.63) is 21.7 Å². The summed E-state index contributed by atoms with van der Waals surface area (Å²) in [4.78, 5) is 41.5. The van der Waals surface area contributed by atoms with Crippen molar-refractivity contribution in [2.45, 2.75) is 43.2 Å². The standard InChI is InChI=1S/C13H17N3O4S/c1-7-8(10(21-2)15-12(20)14-7)9(17)16-13(11(18)19)5-3-4-6-13/h3-6H2,1-2H3,(H,16,17)(H,18,19)(H,14,15,20). The summed E-state index contributed by atoms with van der Waals surface area (Å²) in [7, 11) is 0. The van der Waals surface area contributed by atoms with Gasteiger partial charge in [-0.15, -0.1) is 11.8 Å². The number of thioether (sulfide) groups is 1. The largest absolute Gasteiger partial charge is 0.480 e. The number of aliphatic carboxylic acids is 1. The fourth-order valence-electron chi connectivity index (χ4n) is 2.63. The van der Waals surface area contributed by atoms with Gasteiger partial charge >= 0.3 is 11.7 Å². The van der Waals surface area contributed by atoms with Crippen molar-refractivity contribution in [1.29, 1.82) is 0 Å². The van der Waals surface area contributed by atoms with Gasteiger partial charge in [-0.25, -0.2) is 9.59 Å². The number of amides is 1. The Labute approximate surface area is 125 Å². The van der Waals surface area contributed by atoms with Gasteiger partial charge in [0.25, 0.3) is 5.91 Å². The molecule has 8 heteroatoms. The lowest BCUT2D eigenvalue weighted by molar-refractivity contribution is -0.144. The van der Waals surface area contributed by atoms with Gasteiger partial charge in [-0.1, -0.05) is 12.8 Å². The lowest BCUT2D eigenvalue weighted by Crippen LogP contribution is -2.52. The van der Waals surface area contributed by atoms with Crippen molar-refractivity contribution in [2.24, 2.45) is 0 Å². The number of aromatic amines is 1. The Morgan fingerprint density at radius 3 is 2.52 bits per heavy atom. The van der Waals surface area contributed by atoms with Crippen LogP contribution in [0.15, 0.2) is 9.82 Å². The number of carboxylic acids is 1. The molecule has 7 nitrogen and oxygen atoms in total. The molecule has 0 atom stereocenters. The summed E-state index contributed by atoms with van der Waals surface area (Å²) in [5.74, 6) is -1.53. The molecule has 1 saturated carbocycles. The van der Waals surface area contributed by atoms with Crippen molar-refractivity contribution < 1.29 is 14.7 Å². The van der Waals surface area contributed by atoms with Gasteiger partial charge in [-0.3, -0.25) is 4.79 Å². The fraction of sp³-hybridized carbons (Fsp3) is 0.538. The molecule has 1 aliphatic carbocycles. The number of hydrogen-bond donors (Lipinski definition) is 3. The average molecular weight is 311 g/mol. The van der Waals surface area contributed by atoms with E-state index in [1.165, 1.54) is 11.8 Å². The molecular formula is C13H17N3O4S. The minimum Gasteiger partial charge on any atom is -0.480 e. The predicted molar refractivity (Wildman–Crippen MR) is 77.7 cm³/mol. The van der Waals surface area contributed by atoms with Crippen molar-refractivity contribution in [2.75, 3.05) is 6.26 Å². The molecule has 1 amide bonds. The lowest BCUT2D eigenvalue weighted by Gasteiger charge is -2.25. The van der Waals surface area contributed by atoms with E-state index in [0.29, 0.717) is 23.6 Å². The van der Waals surface area contributed by atoms with Gasteiger partial charge in [0.1, 0.15) is 10.6 Å². The normalized spacial score (nSPS) is 16.7. The molecule has 1 fully saturated rings. The molecule has 0 spiro atoms. The maximum Gasteiger partial charge on any atom is 0.346 e. The Kier molecular flexibility index (Phi) is 4.36. The van der Waals surface area contributed by atoms with Gasteiger partial charge in [-0.05, 0) is 26.0 Å². The molecule has 21 heavy (non-hydrogen) atoms. The number of nitrogens with one attached hydrogen (secondary N) is 2. The number of carboxylic acid groups (broad SMARTS) is 1. The van der Waals surface area contributed by atoms with E-state index in [-0.39, 0.29) is 5.56 Å². The van der Waals surface area contributed by atoms with Crippen LogP contribution in [0.3, 0.4) is 0 Å². The van der Waals surface area contributed by atoms with Crippen molar-refractivity contribution in [3.63, 3.8) is 0 Å². The number of aromatic nitrogens is 2.